The Hall–Kier alpha value is -0.430. The average molecular weight is 350 g/mol. The molecule has 0 saturated carbocycles. The Bertz CT molecular complexity index is 504. The maximum Gasteiger partial charge on any atom is 0.240 e. The lowest BCUT2D eigenvalue weighted by atomic mass is 9.84. The second-order valence-electron chi connectivity index (χ2n) is 4.65. The Morgan fingerprint density at radius 1 is 1.32 bits per heavy atom. The molecule has 0 aliphatic heterocycles. The van der Waals surface area contributed by atoms with Gasteiger partial charge in [0.1, 0.15) is 0 Å². The van der Waals surface area contributed by atoms with Crippen molar-refractivity contribution in [2.75, 3.05) is 13.2 Å². The van der Waals surface area contributed by atoms with Crippen LogP contribution in [0.2, 0.25) is 0 Å². The van der Waals surface area contributed by atoms with Gasteiger partial charge < -0.3 is 5.11 Å². The van der Waals surface area contributed by atoms with Gasteiger partial charge in [-0.2, -0.15) is 0 Å². The first kappa shape index (κ1) is 16.6. The van der Waals surface area contributed by atoms with Crippen LogP contribution in [0.25, 0.3) is 0 Å². The van der Waals surface area contributed by atoms with Crippen molar-refractivity contribution in [3.05, 3.63) is 28.7 Å². The van der Waals surface area contributed by atoms with Crippen molar-refractivity contribution in [3.8, 4) is 0 Å². The highest BCUT2D eigenvalue weighted by Gasteiger charge is 2.27. The summed E-state index contributed by atoms with van der Waals surface area (Å²) in [5.74, 6) is 0. The fourth-order valence-electron chi connectivity index (χ4n) is 1.75. The minimum atomic E-state index is -3.54. The Labute approximate surface area is 123 Å². The summed E-state index contributed by atoms with van der Waals surface area (Å²) in [4.78, 5) is 0.223. The summed E-state index contributed by atoms with van der Waals surface area (Å²) in [5, 5.41) is 9.45. The number of sulfonamides is 1. The fourth-order valence-corrected chi connectivity index (χ4v) is 3.50. The molecule has 0 aliphatic rings. The van der Waals surface area contributed by atoms with Crippen molar-refractivity contribution in [1.29, 1.82) is 0 Å². The molecule has 0 unspecified atom stereocenters. The molecule has 0 spiro atoms. The number of halogens is 1. The van der Waals surface area contributed by atoms with Gasteiger partial charge in [0.2, 0.25) is 10.0 Å². The van der Waals surface area contributed by atoms with Gasteiger partial charge in [0.25, 0.3) is 0 Å². The van der Waals surface area contributed by atoms with E-state index in [9.17, 15) is 13.5 Å². The van der Waals surface area contributed by atoms with Gasteiger partial charge in [-0.3, -0.25) is 0 Å². The lowest BCUT2D eigenvalue weighted by molar-refractivity contribution is 0.119. The highest BCUT2D eigenvalue weighted by Crippen LogP contribution is 2.25. The molecule has 1 aromatic rings. The third-order valence-corrected chi connectivity index (χ3v) is 5.47. The molecular weight excluding hydrogens is 330 g/mol. The molecule has 0 bridgehead atoms. The second kappa shape index (κ2) is 6.83. The smallest absolute Gasteiger partial charge is 0.240 e. The Balaban J connectivity index is 2.87. The van der Waals surface area contributed by atoms with Crippen LogP contribution in [0.15, 0.2) is 33.6 Å². The van der Waals surface area contributed by atoms with Gasteiger partial charge in [0, 0.05) is 23.0 Å². The standard InChI is InChI=1S/C13H20BrNO3S/c1-3-13(4-2,10-16)9-15-19(17,18)12-7-5-6-11(14)8-12/h5-8,15-16H,3-4,9-10H2,1-2H3. The Kier molecular flexibility index (Phi) is 5.98. The van der Waals surface area contributed by atoms with Crippen LogP contribution in [0, 0.1) is 5.41 Å². The van der Waals surface area contributed by atoms with Crippen molar-refractivity contribution in [2.24, 2.45) is 5.41 Å². The summed E-state index contributed by atoms with van der Waals surface area (Å²) in [7, 11) is -3.54. The molecule has 0 radical (unpaired) electrons. The van der Waals surface area contributed by atoms with E-state index in [-0.39, 0.29) is 23.5 Å². The number of nitrogens with one attached hydrogen (secondary N) is 1. The summed E-state index contributed by atoms with van der Waals surface area (Å²) in [6.07, 6.45) is 1.45. The van der Waals surface area contributed by atoms with Crippen LogP contribution in [0.3, 0.4) is 0 Å². The van der Waals surface area contributed by atoms with E-state index in [0.717, 1.165) is 17.3 Å². The summed E-state index contributed by atoms with van der Waals surface area (Å²) in [6.45, 7) is 4.12. The van der Waals surface area contributed by atoms with E-state index in [1.165, 1.54) is 0 Å². The molecule has 0 amide bonds. The van der Waals surface area contributed by atoms with E-state index < -0.39 is 10.0 Å². The quantitative estimate of drug-likeness (QED) is 0.794. The third-order valence-electron chi connectivity index (χ3n) is 3.58. The molecule has 0 saturated heterocycles. The lowest BCUT2D eigenvalue weighted by Gasteiger charge is -2.29. The fraction of sp³-hybridized carbons (Fsp3) is 0.538. The van der Waals surface area contributed by atoms with Crippen LogP contribution in [0.1, 0.15) is 26.7 Å². The van der Waals surface area contributed by atoms with E-state index in [1.54, 1.807) is 24.3 Å². The van der Waals surface area contributed by atoms with Gasteiger partial charge in [-0.25, -0.2) is 13.1 Å². The molecule has 19 heavy (non-hydrogen) atoms. The lowest BCUT2D eigenvalue weighted by Crippen LogP contribution is -2.39. The first-order chi connectivity index (χ1) is 8.89. The van der Waals surface area contributed by atoms with E-state index in [4.69, 9.17) is 0 Å². The van der Waals surface area contributed by atoms with Gasteiger partial charge in [-0.15, -0.1) is 0 Å². The number of aliphatic hydroxyl groups is 1. The minimum absolute atomic E-state index is 0.0268. The molecule has 0 atom stereocenters. The van der Waals surface area contributed by atoms with Gasteiger partial charge in [-0.05, 0) is 31.0 Å². The van der Waals surface area contributed by atoms with Crippen LogP contribution >= 0.6 is 15.9 Å². The van der Waals surface area contributed by atoms with Gasteiger partial charge in [0.05, 0.1) is 4.90 Å². The molecule has 6 heteroatoms. The molecule has 0 aliphatic carbocycles. The Morgan fingerprint density at radius 2 is 1.95 bits per heavy atom. The number of hydrogen-bond donors (Lipinski definition) is 2. The number of aliphatic hydroxyl groups excluding tert-OH is 1. The topological polar surface area (TPSA) is 66.4 Å². The molecular formula is C13H20BrNO3S. The molecule has 0 aromatic heterocycles. The van der Waals surface area contributed by atoms with Crippen LogP contribution in [-0.4, -0.2) is 26.7 Å². The van der Waals surface area contributed by atoms with Crippen LogP contribution in [0.5, 0.6) is 0 Å². The predicted molar refractivity (Wildman–Crippen MR) is 79.4 cm³/mol. The molecule has 108 valence electrons. The SMILES string of the molecule is CCC(CC)(CO)CNS(=O)(=O)c1cccc(Br)c1. The van der Waals surface area contributed by atoms with Crippen molar-refractivity contribution in [1.82, 2.24) is 4.72 Å². The summed E-state index contributed by atoms with van der Waals surface area (Å²) in [5.41, 5.74) is -0.390. The largest absolute Gasteiger partial charge is 0.396 e. The summed E-state index contributed by atoms with van der Waals surface area (Å²) < 4.78 is 27.6. The maximum atomic E-state index is 12.2. The number of hydrogen-bond acceptors (Lipinski definition) is 3. The summed E-state index contributed by atoms with van der Waals surface area (Å²) >= 11 is 3.25. The van der Waals surface area contributed by atoms with E-state index >= 15 is 0 Å². The predicted octanol–water partition coefficient (Wildman–Crippen LogP) is 2.53. The maximum absolute atomic E-state index is 12.2. The minimum Gasteiger partial charge on any atom is -0.396 e. The van der Waals surface area contributed by atoms with Crippen molar-refractivity contribution in [2.45, 2.75) is 31.6 Å². The second-order valence-corrected chi connectivity index (χ2v) is 7.33. The number of rotatable bonds is 7. The van der Waals surface area contributed by atoms with E-state index in [2.05, 4.69) is 20.7 Å². The highest BCUT2D eigenvalue weighted by atomic mass is 79.9. The van der Waals surface area contributed by atoms with E-state index in [0.29, 0.717) is 0 Å². The zero-order valence-corrected chi connectivity index (χ0v) is 13.6. The van der Waals surface area contributed by atoms with E-state index in [1.807, 2.05) is 13.8 Å². The van der Waals surface area contributed by atoms with Gasteiger partial charge in [-0.1, -0.05) is 35.8 Å². The van der Waals surface area contributed by atoms with Crippen LogP contribution in [0.4, 0.5) is 0 Å². The first-order valence-electron chi connectivity index (χ1n) is 6.25. The van der Waals surface area contributed by atoms with Crippen LogP contribution in [-0.2, 0) is 10.0 Å². The highest BCUT2D eigenvalue weighted by molar-refractivity contribution is 9.10. The average Bonchev–Trinajstić information content (AvgIpc) is 2.41. The monoisotopic (exact) mass is 349 g/mol. The molecule has 1 aromatic carbocycles. The van der Waals surface area contributed by atoms with Crippen LogP contribution < -0.4 is 4.72 Å². The van der Waals surface area contributed by atoms with Gasteiger partial charge in [0.15, 0.2) is 0 Å². The molecule has 0 heterocycles. The van der Waals surface area contributed by atoms with Crippen molar-refractivity contribution >= 4 is 26.0 Å². The zero-order chi connectivity index (χ0) is 14.5. The third kappa shape index (κ3) is 4.27. The van der Waals surface area contributed by atoms with Gasteiger partial charge >= 0.3 is 0 Å². The first-order valence-corrected chi connectivity index (χ1v) is 8.53. The molecule has 4 nitrogen and oxygen atoms in total. The normalized spacial score (nSPS) is 12.6. The zero-order valence-electron chi connectivity index (χ0n) is 11.2. The number of benzene rings is 1. The summed E-state index contributed by atoms with van der Waals surface area (Å²) in [6, 6.07) is 6.55. The Morgan fingerprint density at radius 3 is 2.42 bits per heavy atom. The molecule has 0 fully saturated rings. The van der Waals surface area contributed by atoms with Crippen molar-refractivity contribution < 1.29 is 13.5 Å². The van der Waals surface area contributed by atoms with Crippen molar-refractivity contribution in [3.63, 3.8) is 0 Å². The molecule has 2 N–H and O–H groups in total. The molecule has 1 rings (SSSR count).